The van der Waals surface area contributed by atoms with E-state index >= 15 is 0 Å². The zero-order valence-corrected chi connectivity index (χ0v) is 8.90. The number of rotatable bonds is 3. The molecule has 0 aliphatic carbocycles. The van der Waals surface area contributed by atoms with Gasteiger partial charge in [-0.25, -0.2) is 0 Å². The summed E-state index contributed by atoms with van der Waals surface area (Å²) in [4.78, 5) is 0. The molecule has 1 aromatic rings. The Labute approximate surface area is 89.6 Å². The van der Waals surface area contributed by atoms with E-state index in [-0.39, 0.29) is 12.5 Å². The Morgan fingerprint density at radius 1 is 1.27 bits per heavy atom. The molecule has 1 heterocycles. The molecule has 15 heavy (non-hydrogen) atoms. The molecule has 3 heteroatoms. The monoisotopic (exact) mass is 208 g/mol. The Kier molecular flexibility index (Phi) is 3.11. The van der Waals surface area contributed by atoms with Crippen LogP contribution in [0.1, 0.15) is 24.8 Å². The molecule has 0 saturated carbocycles. The number of aliphatic hydroxyl groups is 1. The topological polar surface area (TPSA) is 38.7 Å². The lowest BCUT2D eigenvalue weighted by Gasteiger charge is -2.20. The molecule has 3 nitrogen and oxygen atoms in total. The van der Waals surface area contributed by atoms with E-state index in [1.807, 2.05) is 18.2 Å². The Morgan fingerprint density at radius 2 is 2.00 bits per heavy atom. The quantitative estimate of drug-likeness (QED) is 0.825. The second kappa shape index (κ2) is 4.53. The number of aliphatic hydroxyl groups excluding tert-OH is 1. The van der Waals surface area contributed by atoms with Crippen LogP contribution >= 0.6 is 0 Å². The van der Waals surface area contributed by atoms with Gasteiger partial charge in [0.15, 0.2) is 11.5 Å². The van der Waals surface area contributed by atoms with Crippen LogP contribution in [0.5, 0.6) is 11.5 Å². The van der Waals surface area contributed by atoms with Gasteiger partial charge in [-0.3, -0.25) is 0 Å². The zero-order valence-electron chi connectivity index (χ0n) is 8.90. The number of hydrogen-bond donors (Lipinski definition) is 1. The van der Waals surface area contributed by atoms with E-state index in [2.05, 4.69) is 6.92 Å². The van der Waals surface area contributed by atoms with Crippen molar-refractivity contribution in [1.29, 1.82) is 0 Å². The second-order valence-corrected chi connectivity index (χ2v) is 3.69. The first-order chi connectivity index (χ1) is 7.35. The van der Waals surface area contributed by atoms with Crippen LogP contribution in [0.25, 0.3) is 0 Å². The SMILES string of the molecule is CCC(CO)c1ccc2c(c1)OCCO2. The van der Waals surface area contributed by atoms with Crippen molar-refractivity contribution in [3.8, 4) is 11.5 Å². The third-order valence-electron chi connectivity index (χ3n) is 2.75. The highest BCUT2D eigenvalue weighted by Crippen LogP contribution is 2.33. The second-order valence-electron chi connectivity index (χ2n) is 3.69. The van der Waals surface area contributed by atoms with E-state index in [0.717, 1.165) is 23.5 Å². The maximum Gasteiger partial charge on any atom is 0.161 e. The van der Waals surface area contributed by atoms with Crippen molar-refractivity contribution >= 4 is 0 Å². The Bertz CT molecular complexity index is 332. The van der Waals surface area contributed by atoms with Gasteiger partial charge in [0.05, 0.1) is 0 Å². The summed E-state index contributed by atoms with van der Waals surface area (Å²) in [6.45, 7) is 3.46. The van der Waals surface area contributed by atoms with Crippen LogP contribution in [-0.4, -0.2) is 24.9 Å². The Balaban J connectivity index is 2.27. The van der Waals surface area contributed by atoms with Crippen molar-refractivity contribution < 1.29 is 14.6 Å². The van der Waals surface area contributed by atoms with Gasteiger partial charge < -0.3 is 14.6 Å². The lowest BCUT2D eigenvalue weighted by molar-refractivity contribution is 0.171. The van der Waals surface area contributed by atoms with Crippen molar-refractivity contribution in [2.45, 2.75) is 19.3 Å². The molecule has 0 spiro atoms. The number of hydrogen-bond acceptors (Lipinski definition) is 3. The van der Waals surface area contributed by atoms with Gasteiger partial charge in [-0.2, -0.15) is 0 Å². The number of ether oxygens (including phenoxy) is 2. The van der Waals surface area contributed by atoms with Crippen LogP contribution in [0, 0.1) is 0 Å². The minimum Gasteiger partial charge on any atom is -0.486 e. The molecular formula is C12H16O3. The molecule has 0 aromatic heterocycles. The predicted molar refractivity (Wildman–Crippen MR) is 57.5 cm³/mol. The van der Waals surface area contributed by atoms with E-state index in [9.17, 15) is 5.11 Å². The molecule has 1 N–H and O–H groups in total. The summed E-state index contributed by atoms with van der Waals surface area (Å²) in [6.07, 6.45) is 0.927. The van der Waals surface area contributed by atoms with Crippen LogP contribution < -0.4 is 9.47 Å². The smallest absolute Gasteiger partial charge is 0.161 e. The molecular weight excluding hydrogens is 192 g/mol. The van der Waals surface area contributed by atoms with Crippen molar-refractivity contribution in [3.05, 3.63) is 23.8 Å². The Morgan fingerprint density at radius 3 is 2.67 bits per heavy atom. The summed E-state index contributed by atoms with van der Waals surface area (Å²) < 4.78 is 10.9. The van der Waals surface area contributed by atoms with Crippen molar-refractivity contribution in [1.82, 2.24) is 0 Å². The Hall–Kier alpha value is -1.22. The van der Waals surface area contributed by atoms with Gasteiger partial charge in [0.1, 0.15) is 13.2 Å². The summed E-state index contributed by atoms with van der Waals surface area (Å²) in [5, 5.41) is 9.21. The fraction of sp³-hybridized carbons (Fsp3) is 0.500. The van der Waals surface area contributed by atoms with Crippen molar-refractivity contribution in [2.24, 2.45) is 0 Å². The molecule has 82 valence electrons. The van der Waals surface area contributed by atoms with E-state index in [1.165, 1.54) is 0 Å². The predicted octanol–water partition coefficient (Wildman–Crippen LogP) is 1.94. The summed E-state index contributed by atoms with van der Waals surface area (Å²) in [5.41, 5.74) is 1.12. The summed E-state index contributed by atoms with van der Waals surface area (Å²) in [5.74, 6) is 1.80. The minimum absolute atomic E-state index is 0.177. The average molecular weight is 208 g/mol. The molecule has 0 radical (unpaired) electrons. The fourth-order valence-electron chi connectivity index (χ4n) is 1.78. The molecule has 1 unspecified atom stereocenters. The summed E-state index contributed by atoms with van der Waals surface area (Å²) >= 11 is 0. The van der Waals surface area contributed by atoms with Gasteiger partial charge in [-0.15, -0.1) is 0 Å². The van der Waals surface area contributed by atoms with E-state index in [1.54, 1.807) is 0 Å². The molecule has 0 bridgehead atoms. The molecule has 1 atom stereocenters. The van der Waals surface area contributed by atoms with Crippen molar-refractivity contribution in [2.75, 3.05) is 19.8 Å². The average Bonchev–Trinajstić information content (AvgIpc) is 2.30. The van der Waals surface area contributed by atoms with Crippen LogP contribution in [0.2, 0.25) is 0 Å². The molecule has 1 aliphatic heterocycles. The standard InChI is InChI=1S/C12H16O3/c1-2-9(8-13)10-3-4-11-12(7-10)15-6-5-14-11/h3-4,7,9,13H,2,5-6,8H2,1H3. The summed E-state index contributed by atoms with van der Waals surface area (Å²) in [6, 6.07) is 5.89. The minimum atomic E-state index is 0.177. The van der Waals surface area contributed by atoms with Gasteiger partial charge in [0.2, 0.25) is 0 Å². The highest BCUT2D eigenvalue weighted by Gasteiger charge is 2.15. The van der Waals surface area contributed by atoms with Crippen LogP contribution in [-0.2, 0) is 0 Å². The van der Waals surface area contributed by atoms with Gasteiger partial charge in [0, 0.05) is 12.5 Å². The molecule has 0 saturated heterocycles. The van der Waals surface area contributed by atoms with Gasteiger partial charge in [-0.05, 0) is 24.1 Å². The van der Waals surface area contributed by atoms with Gasteiger partial charge in [0.25, 0.3) is 0 Å². The fourth-order valence-corrected chi connectivity index (χ4v) is 1.78. The number of benzene rings is 1. The number of fused-ring (bicyclic) bond motifs is 1. The van der Waals surface area contributed by atoms with Crippen LogP contribution in [0.3, 0.4) is 0 Å². The molecule has 2 rings (SSSR count). The lowest BCUT2D eigenvalue weighted by atomic mass is 9.97. The normalized spacial score (nSPS) is 16.1. The first-order valence-electron chi connectivity index (χ1n) is 5.35. The maximum atomic E-state index is 9.21. The van der Waals surface area contributed by atoms with Crippen LogP contribution in [0.15, 0.2) is 18.2 Å². The first kappa shape index (κ1) is 10.3. The van der Waals surface area contributed by atoms with Crippen molar-refractivity contribution in [3.63, 3.8) is 0 Å². The third-order valence-corrected chi connectivity index (χ3v) is 2.75. The maximum absolute atomic E-state index is 9.21. The van der Waals surface area contributed by atoms with E-state index in [0.29, 0.717) is 13.2 Å². The van der Waals surface area contributed by atoms with Gasteiger partial charge >= 0.3 is 0 Å². The highest BCUT2D eigenvalue weighted by molar-refractivity contribution is 5.44. The molecule has 1 aromatic carbocycles. The lowest BCUT2D eigenvalue weighted by Crippen LogP contribution is -2.15. The molecule has 0 fully saturated rings. The zero-order chi connectivity index (χ0) is 10.7. The summed E-state index contributed by atoms with van der Waals surface area (Å²) in [7, 11) is 0. The van der Waals surface area contributed by atoms with Gasteiger partial charge in [-0.1, -0.05) is 13.0 Å². The third kappa shape index (κ3) is 2.07. The van der Waals surface area contributed by atoms with Crippen LogP contribution in [0.4, 0.5) is 0 Å². The molecule has 0 amide bonds. The van der Waals surface area contributed by atoms with E-state index in [4.69, 9.17) is 9.47 Å². The highest BCUT2D eigenvalue weighted by atomic mass is 16.6. The first-order valence-corrected chi connectivity index (χ1v) is 5.35. The largest absolute Gasteiger partial charge is 0.486 e. The molecule has 1 aliphatic rings. The van der Waals surface area contributed by atoms with E-state index < -0.39 is 0 Å².